The van der Waals surface area contributed by atoms with E-state index < -0.39 is 6.16 Å². The van der Waals surface area contributed by atoms with Crippen LogP contribution in [0.3, 0.4) is 0 Å². The summed E-state index contributed by atoms with van der Waals surface area (Å²) in [5.41, 5.74) is 0. The van der Waals surface area contributed by atoms with Crippen LogP contribution in [0.15, 0.2) is 0 Å². The molecule has 0 aliphatic rings. The van der Waals surface area contributed by atoms with E-state index in [4.69, 9.17) is 24.5 Å². The van der Waals surface area contributed by atoms with Crippen LogP contribution in [0.1, 0.15) is 0 Å². The molecule has 1 N–H and O–H groups in total. The SMILES string of the molecule is COCC[N+](C)(C)CCOC.O=C([O-])O. The first-order valence-electron chi connectivity index (χ1n) is 4.55. The number of likely N-dealkylation sites (N-methyl/N-ethyl adjacent to an activating group) is 1. The van der Waals surface area contributed by atoms with Crippen molar-refractivity contribution >= 4 is 6.16 Å². The fourth-order valence-electron chi connectivity index (χ4n) is 0.789. The lowest BCUT2D eigenvalue weighted by Gasteiger charge is -2.28. The Morgan fingerprint density at radius 1 is 1.20 bits per heavy atom. The lowest BCUT2D eigenvalue weighted by molar-refractivity contribution is -0.891. The van der Waals surface area contributed by atoms with Crippen molar-refractivity contribution < 1.29 is 29.0 Å². The van der Waals surface area contributed by atoms with E-state index in [-0.39, 0.29) is 0 Å². The number of rotatable bonds is 6. The zero-order chi connectivity index (χ0) is 12.3. The minimum atomic E-state index is -2.08. The van der Waals surface area contributed by atoms with Gasteiger partial charge in [0.25, 0.3) is 0 Å². The Balaban J connectivity index is 0. The number of hydrogen-bond donors (Lipinski definition) is 1. The second-order valence-electron chi connectivity index (χ2n) is 3.63. The first kappa shape index (κ1) is 16.6. The highest BCUT2D eigenvalue weighted by Crippen LogP contribution is 1.95. The number of hydrogen-bond acceptors (Lipinski definition) is 4. The Bertz CT molecular complexity index is 147. The number of quaternary nitrogens is 1. The molecule has 0 amide bonds. The van der Waals surface area contributed by atoms with Crippen LogP contribution in [0.5, 0.6) is 0 Å². The van der Waals surface area contributed by atoms with Crippen molar-refractivity contribution in [2.24, 2.45) is 0 Å². The molecule has 0 spiro atoms. The number of methoxy groups -OCH3 is 2. The molecule has 0 unspecified atom stereocenters. The van der Waals surface area contributed by atoms with Crippen LogP contribution in [0.2, 0.25) is 0 Å². The Labute approximate surface area is 90.6 Å². The van der Waals surface area contributed by atoms with Crippen LogP contribution in [0.25, 0.3) is 0 Å². The van der Waals surface area contributed by atoms with Crippen molar-refractivity contribution in [2.75, 3.05) is 54.6 Å². The third-order valence-electron chi connectivity index (χ3n) is 1.80. The molecule has 0 radical (unpaired) electrons. The van der Waals surface area contributed by atoms with E-state index in [2.05, 4.69) is 14.1 Å². The van der Waals surface area contributed by atoms with Crippen LogP contribution < -0.4 is 5.11 Å². The van der Waals surface area contributed by atoms with Gasteiger partial charge in [0, 0.05) is 14.2 Å². The molecule has 6 heteroatoms. The minimum absolute atomic E-state index is 0.816. The molecule has 6 nitrogen and oxygen atoms in total. The smallest absolute Gasteiger partial charge is 0.249 e. The number of nitrogens with zero attached hydrogens (tertiary/aromatic N) is 1. The fraction of sp³-hybridized carbons (Fsp3) is 0.889. The van der Waals surface area contributed by atoms with E-state index in [0.717, 1.165) is 30.8 Å². The topological polar surface area (TPSA) is 78.8 Å². The second-order valence-corrected chi connectivity index (χ2v) is 3.63. The molecule has 0 aromatic carbocycles. The second kappa shape index (κ2) is 9.70. The summed E-state index contributed by atoms with van der Waals surface area (Å²) < 4.78 is 11.0. The van der Waals surface area contributed by atoms with Crippen molar-refractivity contribution in [3.8, 4) is 0 Å². The Morgan fingerprint density at radius 3 is 1.67 bits per heavy atom. The zero-order valence-electron chi connectivity index (χ0n) is 9.86. The van der Waals surface area contributed by atoms with Crippen LogP contribution >= 0.6 is 0 Å². The van der Waals surface area contributed by atoms with Gasteiger partial charge in [-0.05, 0) is 0 Å². The molecule has 0 bridgehead atoms. The summed E-state index contributed by atoms with van der Waals surface area (Å²) in [5.74, 6) is 0. The normalized spacial score (nSPS) is 10.4. The average Bonchev–Trinajstić information content (AvgIpc) is 2.11. The van der Waals surface area contributed by atoms with Gasteiger partial charge in [-0.3, -0.25) is 0 Å². The number of carboxylic acid groups (broad SMARTS) is 2. The van der Waals surface area contributed by atoms with Gasteiger partial charge in [-0.2, -0.15) is 0 Å². The average molecular weight is 223 g/mol. The highest BCUT2D eigenvalue weighted by molar-refractivity contribution is 5.50. The molecule has 0 aromatic rings. The van der Waals surface area contributed by atoms with Crippen molar-refractivity contribution in [3.05, 3.63) is 0 Å². The third kappa shape index (κ3) is 19.5. The van der Waals surface area contributed by atoms with Gasteiger partial charge in [0.2, 0.25) is 6.16 Å². The molecule has 92 valence electrons. The predicted molar refractivity (Wildman–Crippen MR) is 53.6 cm³/mol. The summed E-state index contributed by atoms with van der Waals surface area (Å²) in [6.45, 7) is 3.72. The molecule has 0 saturated heterocycles. The number of carbonyl (C=O) groups is 1. The van der Waals surface area contributed by atoms with Crippen LogP contribution in [-0.4, -0.2) is 70.4 Å². The van der Waals surface area contributed by atoms with Crippen molar-refractivity contribution in [1.82, 2.24) is 0 Å². The third-order valence-corrected chi connectivity index (χ3v) is 1.80. The van der Waals surface area contributed by atoms with Gasteiger partial charge in [-0.15, -0.1) is 0 Å². The Kier molecular flexibility index (Phi) is 10.7. The van der Waals surface area contributed by atoms with E-state index >= 15 is 0 Å². The molecule has 0 aliphatic carbocycles. The van der Waals surface area contributed by atoms with Crippen LogP contribution in [0.4, 0.5) is 4.79 Å². The quantitative estimate of drug-likeness (QED) is 0.599. The molecule has 0 rings (SSSR count). The maximum absolute atomic E-state index is 8.44. The van der Waals surface area contributed by atoms with Gasteiger partial charge in [0.05, 0.1) is 27.3 Å². The Morgan fingerprint density at radius 2 is 1.47 bits per heavy atom. The molecular formula is C9H21NO5. The summed E-state index contributed by atoms with van der Waals surface area (Å²) in [4.78, 5) is 8.44. The molecule has 0 fully saturated rings. The molecule has 15 heavy (non-hydrogen) atoms. The Hall–Kier alpha value is -0.850. The number of ether oxygens (including phenoxy) is 2. The lowest BCUT2D eigenvalue weighted by atomic mass is 10.4. The van der Waals surface area contributed by atoms with Crippen molar-refractivity contribution in [1.29, 1.82) is 0 Å². The highest BCUT2D eigenvalue weighted by Gasteiger charge is 2.12. The van der Waals surface area contributed by atoms with Crippen LogP contribution in [0, 0.1) is 0 Å². The largest absolute Gasteiger partial charge is 0.565 e. The summed E-state index contributed by atoms with van der Waals surface area (Å²) in [6, 6.07) is 0. The maximum Gasteiger partial charge on any atom is 0.249 e. The predicted octanol–water partition coefficient (Wildman–Crippen LogP) is -0.757. The first-order valence-corrected chi connectivity index (χ1v) is 4.55. The molecule has 0 aliphatic heterocycles. The van der Waals surface area contributed by atoms with Gasteiger partial charge in [0.15, 0.2) is 0 Å². The molecule has 0 atom stereocenters. The summed E-state index contributed by atoms with van der Waals surface area (Å²) >= 11 is 0. The molecule has 0 saturated carbocycles. The van der Waals surface area contributed by atoms with Crippen LogP contribution in [-0.2, 0) is 9.47 Å². The molecule has 0 aromatic heterocycles. The van der Waals surface area contributed by atoms with E-state index in [1.54, 1.807) is 14.2 Å². The van der Waals surface area contributed by atoms with E-state index in [0.29, 0.717) is 0 Å². The molecular weight excluding hydrogens is 202 g/mol. The fourth-order valence-corrected chi connectivity index (χ4v) is 0.789. The van der Waals surface area contributed by atoms with Crippen molar-refractivity contribution in [2.45, 2.75) is 0 Å². The summed E-state index contributed by atoms with van der Waals surface area (Å²) in [5, 5.41) is 15.3. The minimum Gasteiger partial charge on any atom is -0.565 e. The standard InChI is InChI=1S/C8H20NO2.CH2O3/c1-9(2,5-7-10-3)6-8-11-4;2-1(3)4/h5-8H2,1-4H3;(H2,2,3,4)/q+1;/p-1. The van der Waals surface area contributed by atoms with Gasteiger partial charge < -0.3 is 29.0 Å². The van der Waals surface area contributed by atoms with Gasteiger partial charge in [0.1, 0.15) is 13.1 Å². The van der Waals surface area contributed by atoms with Gasteiger partial charge in [-0.25, -0.2) is 0 Å². The monoisotopic (exact) mass is 223 g/mol. The van der Waals surface area contributed by atoms with E-state index in [1.807, 2.05) is 0 Å². The lowest BCUT2D eigenvalue weighted by Crippen LogP contribution is -2.44. The van der Waals surface area contributed by atoms with Gasteiger partial charge in [-0.1, -0.05) is 0 Å². The summed E-state index contributed by atoms with van der Waals surface area (Å²) in [7, 11) is 7.82. The molecule has 0 heterocycles. The zero-order valence-corrected chi connectivity index (χ0v) is 9.86. The highest BCUT2D eigenvalue weighted by atomic mass is 16.6. The van der Waals surface area contributed by atoms with E-state index in [1.165, 1.54) is 0 Å². The summed E-state index contributed by atoms with van der Waals surface area (Å²) in [6.07, 6.45) is -2.08. The maximum atomic E-state index is 8.44. The van der Waals surface area contributed by atoms with Crippen molar-refractivity contribution in [3.63, 3.8) is 0 Å². The first-order chi connectivity index (χ1) is 6.85. The van der Waals surface area contributed by atoms with Gasteiger partial charge >= 0.3 is 0 Å². The van der Waals surface area contributed by atoms with E-state index in [9.17, 15) is 0 Å².